The van der Waals surface area contributed by atoms with Crippen LogP contribution in [-0.2, 0) is 11.3 Å². The molecule has 0 bridgehead atoms. The summed E-state index contributed by atoms with van der Waals surface area (Å²) in [6, 6.07) is 9.73. The highest BCUT2D eigenvalue weighted by molar-refractivity contribution is 5.76. The first kappa shape index (κ1) is 14.6. The van der Waals surface area contributed by atoms with E-state index in [-0.39, 0.29) is 18.5 Å². The molecule has 116 valence electrons. The second kappa shape index (κ2) is 6.65. The van der Waals surface area contributed by atoms with E-state index in [0.717, 1.165) is 31.4 Å². The van der Waals surface area contributed by atoms with Gasteiger partial charge in [0, 0.05) is 24.7 Å². The predicted molar refractivity (Wildman–Crippen MR) is 81.7 cm³/mol. The van der Waals surface area contributed by atoms with Gasteiger partial charge in [-0.2, -0.15) is 4.80 Å². The standard InChI is InChI=1S/C15H20N6O/c16-10-13-8-4-5-9-20(13)14(22)11-21-18-15(17-19-21)12-6-2-1-3-7-12/h1-3,6-7,13H,4-5,8-11,16H2. The first-order valence-electron chi connectivity index (χ1n) is 7.60. The van der Waals surface area contributed by atoms with Gasteiger partial charge in [0.15, 0.2) is 0 Å². The molecule has 7 heteroatoms. The Kier molecular flexibility index (Phi) is 4.43. The molecule has 1 unspecified atom stereocenters. The normalized spacial score (nSPS) is 18.4. The number of rotatable bonds is 4. The molecule has 1 aromatic heterocycles. The molecule has 1 aromatic carbocycles. The minimum atomic E-state index is 0.00663. The number of amides is 1. The molecule has 1 aliphatic rings. The molecule has 0 radical (unpaired) electrons. The summed E-state index contributed by atoms with van der Waals surface area (Å²) >= 11 is 0. The van der Waals surface area contributed by atoms with E-state index < -0.39 is 0 Å². The van der Waals surface area contributed by atoms with Crippen LogP contribution in [0.2, 0.25) is 0 Å². The molecule has 7 nitrogen and oxygen atoms in total. The van der Waals surface area contributed by atoms with Gasteiger partial charge in [-0.25, -0.2) is 0 Å². The van der Waals surface area contributed by atoms with Gasteiger partial charge < -0.3 is 10.6 Å². The topological polar surface area (TPSA) is 89.9 Å². The number of hydrogen-bond donors (Lipinski definition) is 1. The Labute approximate surface area is 129 Å². The smallest absolute Gasteiger partial charge is 0.246 e. The highest BCUT2D eigenvalue weighted by Crippen LogP contribution is 2.17. The molecule has 1 amide bonds. The summed E-state index contributed by atoms with van der Waals surface area (Å²) in [6.07, 6.45) is 3.13. The van der Waals surface area contributed by atoms with Gasteiger partial charge in [0.1, 0.15) is 6.54 Å². The average molecular weight is 300 g/mol. The Morgan fingerprint density at radius 1 is 1.27 bits per heavy atom. The van der Waals surface area contributed by atoms with Crippen LogP contribution in [0.4, 0.5) is 0 Å². The lowest BCUT2D eigenvalue weighted by molar-refractivity contribution is -0.135. The van der Waals surface area contributed by atoms with Crippen molar-refractivity contribution in [3.05, 3.63) is 30.3 Å². The van der Waals surface area contributed by atoms with E-state index in [4.69, 9.17) is 5.73 Å². The lowest BCUT2D eigenvalue weighted by Crippen LogP contribution is -2.48. The van der Waals surface area contributed by atoms with Gasteiger partial charge in [-0.15, -0.1) is 10.2 Å². The molecule has 1 aliphatic heterocycles. The molecule has 3 rings (SSSR count). The van der Waals surface area contributed by atoms with Gasteiger partial charge in [-0.3, -0.25) is 4.79 Å². The zero-order valence-electron chi connectivity index (χ0n) is 12.4. The summed E-state index contributed by atoms with van der Waals surface area (Å²) in [7, 11) is 0. The Balaban J connectivity index is 1.68. The van der Waals surface area contributed by atoms with Crippen LogP contribution in [0.1, 0.15) is 19.3 Å². The van der Waals surface area contributed by atoms with Crippen LogP contribution in [0.15, 0.2) is 30.3 Å². The summed E-state index contributed by atoms with van der Waals surface area (Å²) in [4.78, 5) is 15.6. The lowest BCUT2D eigenvalue weighted by Gasteiger charge is -2.34. The van der Waals surface area contributed by atoms with Crippen LogP contribution >= 0.6 is 0 Å². The molecule has 0 spiro atoms. The van der Waals surface area contributed by atoms with Crippen molar-refractivity contribution >= 4 is 5.91 Å². The maximum Gasteiger partial charge on any atom is 0.246 e. The van der Waals surface area contributed by atoms with Crippen LogP contribution in [0.25, 0.3) is 11.4 Å². The maximum absolute atomic E-state index is 12.4. The molecule has 0 saturated carbocycles. The van der Waals surface area contributed by atoms with Crippen molar-refractivity contribution in [1.29, 1.82) is 0 Å². The third kappa shape index (κ3) is 3.14. The van der Waals surface area contributed by atoms with E-state index in [2.05, 4.69) is 15.4 Å². The van der Waals surface area contributed by atoms with Crippen LogP contribution in [0.3, 0.4) is 0 Å². The maximum atomic E-state index is 12.4. The molecular formula is C15H20N6O. The Bertz CT molecular complexity index is 626. The SMILES string of the molecule is NCC1CCCCN1C(=O)Cn1nnc(-c2ccccc2)n1. The zero-order valence-corrected chi connectivity index (χ0v) is 12.4. The van der Waals surface area contributed by atoms with Gasteiger partial charge in [0.05, 0.1) is 0 Å². The molecule has 2 aromatic rings. The van der Waals surface area contributed by atoms with E-state index in [1.165, 1.54) is 4.80 Å². The van der Waals surface area contributed by atoms with Crippen molar-refractivity contribution in [3.63, 3.8) is 0 Å². The first-order chi connectivity index (χ1) is 10.8. The Hall–Kier alpha value is -2.28. The third-order valence-corrected chi connectivity index (χ3v) is 3.98. The zero-order chi connectivity index (χ0) is 15.4. The van der Waals surface area contributed by atoms with Gasteiger partial charge in [0.25, 0.3) is 0 Å². The second-order valence-corrected chi connectivity index (χ2v) is 5.48. The van der Waals surface area contributed by atoms with Crippen LogP contribution in [0, 0.1) is 0 Å². The average Bonchev–Trinajstić information content (AvgIpc) is 3.04. The fraction of sp³-hybridized carbons (Fsp3) is 0.467. The van der Waals surface area contributed by atoms with Crippen LogP contribution < -0.4 is 5.73 Å². The number of piperidine rings is 1. The number of benzene rings is 1. The highest BCUT2D eigenvalue weighted by Gasteiger charge is 2.26. The fourth-order valence-electron chi connectivity index (χ4n) is 2.80. The Morgan fingerprint density at radius 3 is 2.86 bits per heavy atom. The highest BCUT2D eigenvalue weighted by atomic mass is 16.2. The lowest BCUT2D eigenvalue weighted by atomic mass is 10.0. The number of nitrogens with two attached hydrogens (primary N) is 1. The molecule has 1 saturated heterocycles. The van der Waals surface area contributed by atoms with E-state index in [0.29, 0.717) is 12.4 Å². The molecule has 1 fully saturated rings. The summed E-state index contributed by atoms with van der Waals surface area (Å²) in [5.41, 5.74) is 6.65. The van der Waals surface area contributed by atoms with E-state index >= 15 is 0 Å². The van der Waals surface area contributed by atoms with Gasteiger partial charge in [-0.05, 0) is 24.5 Å². The fourth-order valence-corrected chi connectivity index (χ4v) is 2.80. The number of carbonyl (C=O) groups excluding carboxylic acids is 1. The third-order valence-electron chi connectivity index (χ3n) is 3.98. The molecule has 2 heterocycles. The van der Waals surface area contributed by atoms with E-state index in [9.17, 15) is 4.79 Å². The van der Waals surface area contributed by atoms with Gasteiger partial charge in [-0.1, -0.05) is 30.3 Å². The summed E-state index contributed by atoms with van der Waals surface area (Å²) in [5, 5.41) is 12.3. The van der Waals surface area contributed by atoms with Gasteiger partial charge >= 0.3 is 0 Å². The number of likely N-dealkylation sites (tertiary alicyclic amines) is 1. The number of carbonyl (C=O) groups is 1. The van der Waals surface area contributed by atoms with Crippen molar-refractivity contribution in [2.75, 3.05) is 13.1 Å². The number of aromatic nitrogens is 4. The molecule has 0 aliphatic carbocycles. The van der Waals surface area contributed by atoms with Gasteiger partial charge in [0.2, 0.25) is 11.7 Å². The van der Waals surface area contributed by atoms with Crippen LogP contribution in [-0.4, -0.2) is 50.1 Å². The number of hydrogen-bond acceptors (Lipinski definition) is 5. The van der Waals surface area contributed by atoms with Crippen molar-refractivity contribution in [2.45, 2.75) is 31.8 Å². The summed E-state index contributed by atoms with van der Waals surface area (Å²) in [5.74, 6) is 0.537. The first-order valence-corrected chi connectivity index (χ1v) is 7.60. The van der Waals surface area contributed by atoms with E-state index in [1.807, 2.05) is 35.2 Å². The van der Waals surface area contributed by atoms with Crippen LogP contribution in [0.5, 0.6) is 0 Å². The monoisotopic (exact) mass is 300 g/mol. The second-order valence-electron chi connectivity index (χ2n) is 5.48. The van der Waals surface area contributed by atoms with Crippen molar-refractivity contribution in [1.82, 2.24) is 25.1 Å². The predicted octanol–water partition coefficient (Wildman–Crippen LogP) is 0.680. The van der Waals surface area contributed by atoms with E-state index in [1.54, 1.807) is 0 Å². The quantitative estimate of drug-likeness (QED) is 0.896. The molecular weight excluding hydrogens is 280 g/mol. The summed E-state index contributed by atoms with van der Waals surface area (Å²) in [6.45, 7) is 1.38. The van der Waals surface area contributed by atoms with Crippen molar-refractivity contribution in [2.24, 2.45) is 5.73 Å². The Morgan fingerprint density at radius 2 is 2.09 bits per heavy atom. The minimum absolute atomic E-state index is 0.00663. The number of nitrogens with zero attached hydrogens (tertiary/aromatic N) is 5. The number of tetrazole rings is 1. The summed E-state index contributed by atoms with van der Waals surface area (Å²) < 4.78 is 0. The molecule has 1 atom stereocenters. The van der Waals surface area contributed by atoms with Crippen molar-refractivity contribution < 1.29 is 4.79 Å². The largest absolute Gasteiger partial charge is 0.337 e. The molecule has 22 heavy (non-hydrogen) atoms. The van der Waals surface area contributed by atoms with Crippen molar-refractivity contribution in [3.8, 4) is 11.4 Å². The minimum Gasteiger partial charge on any atom is -0.337 e. The molecule has 2 N–H and O–H groups in total.